The van der Waals surface area contributed by atoms with Gasteiger partial charge in [0.15, 0.2) is 0 Å². The minimum Gasteiger partial charge on any atom is -0.339 e. The van der Waals surface area contributed by atoms with Crippen LogP contribution in [0.3, 0.4) is 0 Å². The van der Waals surface area contributed by atoms with Crippen molar-refractivity contribution >= 4 is 44.4 Å². The molecule has 0 bridgehead atoms. The summed E-state index contributed by atoms with van der Waals surface area (Å²) in [6.07, 6.45) is 6.07. The highest BCUT2D eigenvalue weighted by Gasteiger charge is 2.27. The molecule has 0 atom stereocenters. The highest BCUT2D eigenvalue weighted by molar-refractivity contribution is 14.1. The van der Waals surface area contributed by atoms with Crippen molar-refractivity contribution in [2.75, 3.05) is 7.05 Å². The van der Waals surface area contributed by atoms with Gasteiger partial charge in [-0.25, -0.2) is 0 Å². The van der Waals surface area contributed by atoms with E-state index in [4.69, 9.17) is 0 Å². The first-order chi connectivity index (χ1) is 9.52. The maximum Gasteiger partial charge on any atom is 0.255 e. The van der Waals surface area contributed by atoms with Crippen molar-refractivity contribution in [3.05, 3.63) is 31.8 Å². The first kappa shape index (κ1) is 16.3. The first-order valence-electron chi connectivity index (χ1n) is 7.25. The molecule has 1 saturated carbocycles. The van der Waals surface area contributed by atoms with Crippen LogP contribution < -0.4 is 0 Å². The SMILES string of the molecule is CCC1CCC(N(C)C(=O)c2cc(I)ccc2Br)CC1. The summed E-state index contributed by atoms with van der Waals surface area (Å²) in [4.78, 5) is 14.6. The van der Waals surface area contributed by atoms with E-state index in [9.17, 15) is 4.79 Å². The summed E-state index contributed by atoms with van der Waals surface area (Å²) in [6, 6.07) is 6.32. The van der Waals surface area contributed by atoms with Crippen LogP contribution in [0.1, 0.15) is 49.4 Å². The minimum absolute atomic E-state index is 0.135. The fourth-order valence-electron chi connectivity index (χ4n) is 2.96. The lowest BCUT2D eigenvalue weighted by molar-refractivity contribution is 0.0673. The van der Waals surface area contributed by atoms with Gasteiger partial charge in [0.1, 0.15) is 0 Å². The molecule has 1 aromatic carbocycles. The fourth-order valence-corrected chi connectivity index (χ4v) is 3.87. The van der Waals surface area contributed by atoms with Gasteiger partial charge in [-0.1, -0.05) is 13.3 Å². The van der Waals surface area contributed by atoms with E-state index in [2.05, 4.69) is 45.4 Å². The minimum atomic E-state index is 0.135. The molecule has 0 unspecified atom stereocenters. The summed E-state index contributed by atoms with van der Waals surface area (Å²) in [5.41, 5.74) is 0.775. The Morgan fingerprint density at radius 1 is 1.35 bits per heavy atom. The van der Waals surface area contributed by atoms with Crippen molar-refractivity contribution in [1.82, 2.24) is 4.90 Å². The van der Waals surface area contributed by atoms with Gasteiger partial charge in [0.25, 0.3) is 5.91 Å². The van der Waals surface area contributed by atoms with Crippen molar-refractivity contribution in [3.8, 4) is 0 Å². The Hall–Kier alpha value is -0.100. The Morgan fingerprint density at radius 3 is 2.60 bits per heavy atom. The molecule has 1 aliphatic carbocycles. The van der Waals surface area contributed by atoms with Gasteiger partial charge in [-0.3, -0.25) is 4.79 Å². The monoisotopic (exact) mass is 449 g/mol. The van der Waals surface area contributed by atoms with Crippen molar-refractivity contribution in [2.24, 2.45) is 5.92 Å². The molecule has 0 heterocycles. The van der Waals surface area contributed by atoms with Crippen LogP contribution in [0, 0.1) is 9.49 Å². The smallest absolute Gasteiger partial charge is 0.255 e. The Bertz CT molecular complexity index is 483. The standard InChI is InChI=1S/C16H21BrINO/c1-3-11-4-7-13(8-5-11)19(2)16(20)14-10-12(18)6-9-15(14)17/h6,9-11,13H,3-5,7-8H2,1-2H3. The number of halogens is 2. The van der Waals surface area contributed by atoms with Gasteiger partial charge in [0.2, 0.25) is 0 Å². The van der Waals surface area contributed by atoms with Crippen LogP contribution in [-0.4, -0.2) is 23.9 Å². The van der Waals surface area contributed by atoms with E-state index >= 15 is 0 Å². The van der Waals surface area contributed by atoms with Crippen molar-refractivity contribution in [3.63, 3.8) is 0 Å². The van der Waals surface area contributed by atoms with Crippen LogP contribution in [-0.2, 0) is 0 Å². The molecule has 2 nitrogen and oxygen atoms in total. The Balaban J connectivity index is 2.07. The third-order valence-corrected chi connectivity index (χ3v) is 5.78. The molecular formula is C16H21BrINO. The zero-order valence-electron chi connectivity index (χ0n) is 12.0. The molecule has 110 valence electrons. The van der Waals surface area contributed by atoms with Gasteiger partial charge < -0.3 is 4.90 Å². The number of hydrogen-bond donors (Lipinski definition) is 0. The summed E-state index contributed by atoms with van der Waals surface area (Å²) in [7, 11) is 1.95. The fraction of sp³-hybridized carbons (Fsp3) is 0.562. The average molecular weight is 450 g/mol. The Morgan fingerprint density at radius 2 is 2.00 bits per heavy atom. The van der Waals surface area contributed by atoms with E-state index in [1.54, 1.807) is 0 Å². The largest absolute Gasteiger partial charge is 0.339 e. The highest BCUT2D eigenvalue weighted by Crippen LogP contribution is 2.30. The molecule has 0 N–H and O–H groups in total. The van der Waals surface area contributed by atoms with Gasteiger partial charge in [0, 0.05) is 21.1 Å². The lowest BCUT2D eigenvalue weighted by atomic mass is 9.84. The predicted molar refractivity (Wildman–Crippen MR) is 95.0 cm³/mol. The second-order valence-electron chi connectivity index (χ2n) is 5.62. The van der Waals surface area contributed by atoms with Crippen molar-refractivity contribution in [1.29, 1.82) is 0 Å². The van der Waals surface area contributed by atoms with Crippen LogP contribution in [0.15, 0.2) is 22.7 Å². The second kappa shape index (κ2) is 7.25. The van der Waals surface area contributed by atoms with Crippen molar-refractivity contribution < 1.29 is 4.79 Å². The van der Waals surface area contributed by atoms with Crippen LogP contribution >= 0.6 is 38.5 Å². The summed E-state index contributed by atoms with van der Waals surface area (Å²) in [5.74, 6) is 0.995. The normalized spacial score (nSPS) is 22.6. The molecule has 20 heavy (non-hydrogen) atoms. The number of nitrogens with zero attached hydrogens (tertiary/aromatic N) is 1. The lowest BCUT2D eigenvalue weighted by Gasteiger charge is -2.34. The third kappa shape index (κ3) is 3.75. The Kier molecular flexibility index (Phi) is 5.90. The quantitative estimate of drug-likeness (QED) is 0.588. The predicted octanol–water partition coefficient (Wildman–Crippen LogP) is 5.09. The summed E-state index contributed by atoms with van der Waals surface area (Å²) in [6.45, 7) is 2.27. The van der Waals surface area contributed by atoms with E-state index in [1.165, 1.54) is 19.3 Å². The number of benzene rings is 1. The van der Waals surface area contributed by atoms with Crippen LogP contribution in [0.25, 0.3) is 0 Å². The van der Waals surface area contributed by atoms with Crippen LogP contribution in [0.2, 0.25) is 0 Å². The summed E-state index contributed by atoms with van der Waals surface area (Å²) in [5, 5.41) is 0. The summed E-state index contributed by atoms with van der Waals surface area (Å²) < 4.78 is 1.98. The average Bonchev–Trinajstić information content (AvgIpc) is 2.48. The van der Waals surface area contributed by atoms with Crippen LogP contribution in [0.4, 0.5) is 0 Å². The molecule has 0 spiro atoms. The zero-order valence-corrected chi connectivity index (χ0v) is 15.8. The molecule has 1 fully saturated rings. The van der Waals surface area contributed by atoms with Crippen LogP contribution in [0.5, 0.6) is 0 Å². The number of carbonyl (C=O) groups is 1. The molecule has 1 amide bonds. The molecule has 0 saturated heterocycles. The van der Waals surface area contributed by atoms with E-state index in [-0.39, 0.29) is 5.91 Å². The summed E-state index contributed by atoms with van der Waals surface area (Å²) >= 11 is 5.74. The van der Waals surface area contributed by atoms with E-state index < -0.39 is 0 Å². The molecule has 0 radical (unpaired) electrons. The van der Waals surface area contributed by atoms with Crippen molar-refractivity contribution in [2.45, 2.75) is 45.1 Å². The van der Waals surface area contributed by atoms with E-state index in [0.717, 1.165) is 32.4 Å². The number of hydrogen-bond acceptors (Lipinski definition) is 1. The number of carbonyl (C=O) groups excluding carboxylic acids is 1. The first-order valence-corrected chi connectivity index (χ1v) is 9.12. The third-order valence-electron chi connectivity index (χ3n) is 4.42. The van der Waals surface area contributed by atoms with Gasteiger partial charge >= 0.3 is 0 Å². The molecule has 0 aliphatic heterocycles. The maximum absolute atomic E-state index is 12.7. The topological polar surface area (TPSA) is 20.3 Å². The molecule has 0 aromatic heterocycles. The van der Waals surface area contributed by atoms with Gasteiger partial charge in [-0.2, -0.15) is 0 Å². The van der Waals surface area contributed by atoms with Gasteiger partial charge in [-0.05, 0) is 88.3 Å². The second-order valence-corrected chi connectivity index (χ2v) is 7.72. The zero-order chi connectivity index (χ0) is 14.7. The highest BCUT2D eigenvalue weighted by atomic mass is 127. The molecular weight excluding hydrogens is 429 g/mol. The molecule has 2 rings (SSSR count). The maximum atomic E-state index is 12.7. The van der Waals surface area contributed by atoms with E-state index in [0.29, 0.717) is 6.04 Å². The van der Waals surface area contributed by atoms with Gasteiger partial charge in [-0.15, -0.1) is 0 Å². The molecule has 1 aliphatic rings. The molecule has 1 aromatic rings. The molecule has 4 heteroatoms. The van der Waals surface area contributed by atoms with E-state index in [1.807, 2.05) is 30.1 Å². The number of rotatable bonds is 3. The van der Waals surface area contributed by atoms with Gasteiger partial charge in [0.05, 0.1) is 5.56 Å². The Labute approximate surface area is 143 Å². The lowest BCUT2D eigenvalue weighted by Crippen LogP contribution is -2.39. The number of amides is 1.